The van der Waals surface area contributed by atoms with Crippen molar-refractivity contribution in [3.8, 4) is 111 Å². The van der Waals surface area contributed by atoms with Crippen LogP contribution in [0.15, 0.2) is 283 Å². The van der Waals surface area contributed by atoms with E-state index in [9.17, 15) is 0 Å². The van der Waals surface area contributed by atoms with Crippen LogP contribution in [0.5, 0.6) is 0 Å². The molecule has 1 heterocycles. The molecule has 0 amide bonds. The molecule has 354 valence electrons. The molecule has 0 spiro atoms. The van der Waals surface area contributed by atoms with Crippen LogP contribution in [-0.4, -0.2) is 0 Å². The first-order valence-electron chi connectivity index (χ1n) is 25.9. The third kappa shape index (κ3) is 8.65. The van der Waals surface area contributed by atoms with Crippen LogP contribution in [0.2, 0.25) is 0 Å². The average Bonchev–Trinajstić information content (AvgIpc) is 3.86. The summed E-state index contributed by atoms with van der Waals surface area (Å²) >= 11 is 0. The summed E-state index contributed by atoms with van der Waals surface area (Å²) in [6, 6.07) is 101. The first-order valence-corrected chi connectivity index (χ1v) is 25.9. The quantitative estimate of drug-likeness (QED) is 0.133. The standard InChI is InChI=1S/C74H52O/c1-49-39-69(67-37-21-19-35-65(67)63-33-17-15-31-61(63)59-45-55(51-23-7-3-8-24-51)43-56(46-59)52-25-9-4-10-26-52)73-71(41-49)72-42-50(2)40-70(74(72)75-73)68-38-22-20-36-66(68)64-34-18-16-32-62(64)60-47-57(53-27-11-5-12-28-53)44-58(48-60)54-29-13-6-14-30-54/h3-48H,1-2H3. The number of hydrogen-bond acceptors (Lipinski definition) is 1. The van der Waals surface area contributed by atoms with Crippen molar-refractivity contribution in [3.63, 3.8) is 0 Å². The minimum absolute atomic E-state index is 0.883. The van der Waals surface area contributed by atoms with Gasteiger partial charge in [-0.3, -0.25) is 0 Å². The third-order valence-electron chi connectivity index (χ3n) is 14.7. The van der Waals surface area contributed by atoms with Crippen molar-refractivity contribution in [2.45, 2.75) is 13.8 Å². The van der Waals surface area contributed by atoms with Gasteiger partial charge in [0.1, 0.15) is 11.2 Å². The van der Waals surface area contributed by atoms with Crippen LogP contribution in [0.3, 0.4) is 0 Å². The molecule has 0 atom stereocenters. The van der Waals surface area contributed by atoms with Gasteiger partial charge in [-0.1, -0.05) is 218 Å². The Bertz CT molecular complexity index is 3830. The summed E-state index contributed by atoms with van der Waals surface area (Å²) in [6.45, 7) is 4.41. The molecule has 13 aromatic rings. The Morgan fingerprint density at radius 2 is 0.413 bits per heavy atom. The number of aryl methyl sites for hydroxylation is 2. The second kappa shape index (κ2) is 19.5. The van der Waals surface area contributed by atoms with Gasteiger partial charge < -0.3 is 4.42 Å². The van der Waals surface area contributed by atoms with E-state index in [-0.39, 0.29) is 0 Å². The fourth-order valence-electron chi connectivity index (χ4n) is 11.3. The molecule has 0 aliphatic heterocycles. The maximum atomic E-state index is 7.40. The smallest absolute Gasteiger partial charge is 0.143 e. The van der Waals surface area contributed by atoms with Crippen molar-refractivity contribution in [1.29, 1.82) is 0 Å². The van der Waals surface area contributed by atoms with E-state index in [1.54, 1.807) is 0 Å². The van der Waals surface area contributed by atoms with Gasteiger partial charge in [-0.25, -0.2) is 0 Å². The lowest BCUT2D eigenvalue weighted by Gasteiger charge is -2.17. The topological polar surface area (TPSA) is 13.1 Å². The number of rotatable bonds is 10. The molecule has 0 N–H and O–H groups in total. The first kappa shape index (κ1) is 45.3. The number of hydrogen-bond donors (Lipinski definition) is 0. The molecular formula is C74H52O. The first-order chi connectivity index (χ1) is 37.0. The van der Waals surface area contributed by atoms with E-state index >= 15 is 0 Å². The van der Waals surface area contributed by atoms with Crippen LogP contribution in [-0.2, 0) is 0 Å². The highest BCUT2D eigenvalue weighted by atomic mass is 16.3. The summed E-state index contributed by atoms with van der Waals surface area (Å²) < 4.78 is 7.40. The highest BCUT2D eigenvalue weighted by Gasteiger charge is 2.23. The molecule has 0 saturated carbocycles. The molecule has 1 heteroatoms. The Kier molecular flexibility index (Phi) is 11.8. The van der Waals surface area contributed by atoms with Gasteiger partial charge in [0.05, 0.1) is 0 Å². The van der Waals surface area contributed by atoms with E-state index in [0.29, 0.717) is 0 Å². The summed E-state index contributed by atoms with van der Waals surface area (Å²) in [7, 11) is 0. The summed E-state index contributed by atoms with van der Waals surface area (Å²) in [4.78, 5) is 0. The molecule has 0 fully saturated rings. The van der Waals surface area contributed by atoms with Crippen molar-refractivity contribution >= 4 is 21.9 Å². The largest absolute Gasteiger partial charge is 0.455 e. The number of benzene rings is 12. The van der Waals surface area contributed by atoms with Crippen molar-refractivity contribution in [1.82, 2.24) is 0 Å². The molecular weight excluding hydrogens is 905 g/mol. The lowest BCUT2D eigenvalue weighted by molar-refractivity contribution is 0.671. The maximum absolute atomic E-state index is 7.40. The second-order valence-corrected chi connectivity index (χ2v) is 19.7. The highest BCUT2D eigenvalue weighted by molar-refractivity contribution is 6.15. The number of fused-ring (bicyclic) bond motifs is 3. The summed E-state index contributed by atoms with van der Waals surface area (Å²) in [5.41, 5.74) is 27.3. The van der Waals surface area contributed by atoms with E-state index in [1.807, 2.05) is 0 Å². The molecule has 1 aromatic heterocycles. The van der Waals surface area contributed by atoms with Gasteiger partial charge >= 0.3 is 0 Å². The van der Waals surface area contributed by atoms with Gasteiger partial charge in [0.25, 0.3) is 0 Å². The van der Waals surface area contributed by atoms with E-state index in [4.69, 9.17) is 4.42 Å². The van der Waals surface area contributed by atoms with Crippen molar-refractivity contribution < 1.29 is 4.42 Å². The monoisotopic (exact) mass is 956 g/mol. The maximum Gasteiger partial charge on any atom is 0.143 e. The fraction of sp³-hybridized carbons (Fsp3) is 0.0270. The Morgan fingerprint density at radius 3 is 0.707 bits per heavy atom. The second-order valence-electron chi connectivity index (χ2n) is 19.7. The molecule has 75 heavy (non-hydrogen) atoms. The van der Waals surface area contributed by atoms with Crippen LogP contribution in [0.4, 0.5) is 0 Å². The van der Waals surface area contributed by atoms with Gasteiger partial charge in [0, 0.05) is 21.9 Å². The molecule has 0 radical (unpaired) electrons. The molecule has 12 aromatic carbocycles. The van der Waals surface area contributed by atoms with Gasteiger partial charge in [-0.15, -0.1) is 0 Å². The van der Waals surface area contributed by atoms with Crippen molar-refractivity contribution in [3.05, 3.63) is 290 Å². The van der Waals surface area contributed by atoms with E-state index in [2.05, 4.69) is 293 Å². The average molecular weight is 957 g/mol. The summed E-state index contributed by atoms with van der Waals surface area (Å²) in [5, 5.41) is 2.22. The Balaban J connectivity index is 0.967. The zero-order valence-electron chi connectivity index (χ0n) is 42.0. The molecule has 13 rings (SSSR count). The minimum atomic E-state index is 0.883. The third-order valence-corrected chi connectivity index (χ3v) is 14.7. The Morgan fingerprint density at radius 1 is 0.187 bits per heavy atom. The Hall–Kier alpha value is -9.56. The van der Waals surface area contributed by atoms with Crippen LogP contribution >= 0.6 is 0 Å². The molecule has 0 saturated heterocycles. The molecule has 1 nitrogen and oxygen atoms in total. The van der Waals surface area contributed by atoms with Gasteiger partial charge in [-0.2, -0.15) is 0 Å². The van der Waals surface area contributed by atoms with Crippen LogP contribution < -0.4 is 0 Å². The van der Waals surface area contributed by atoms with Crippen molar-refractivity contribution in [2.24, 2.45) is 0 Å². The van der Waals surface area contributed by atoms with Crippen LogP contribution in [0, 0.1) is 13.8 Å². The van der Waals surface area contributed by atoms with E-state index in [0.717, 1.165) is 66.4 Å². The molecule has 0 bridgehead atoms. The van der Waals surface area contributed by atoms with Gasteiger partial charge in [-0.05, 0) is 186 Å². The normalized spacial score (nSPS) is 11.3. The summed E-state index contributed by atoms with van der Waals surface area (Å²) in [6.07, 6.45) is 0. The van der Waals surface area contributed by atoms with E-state index < -0.39 is 0 Å². The predicted octanol–water partition coefficient (Wildman–Crippen LogP) is 20.9. The minimum Gasteiger partial charge on any atom is -0.455 e. The SMILES string of the molecule is Cc1cc(-c2ccccc2-c2ccccc2-c2cc(-c3ccccc3)cc(-c3ccccc3)c2)c2oc3c(-c4ccccc4-c4ccccc4-c4cc(-c5ccccc5)cc(-c5ccccc5)c4)cc(C)cc3c2c1. The van der Waals surface area contributed by atoms with Gasteiger partial charge in [0.15, 0.2) is 0 Å². The zero-order valence-corrected chi connectivity index (χ0v) is 42.0. The molecule has 0 unspecified atom stereocenters. The molecule has 0 aliphatic rings. The zero-order chi connectivity index (χ0) is 50.2. The predicted molar refractivity (Wildman–Crippen MR) is 318 cm³/mol. The Labute approximate surface area is 439 Å². The van der Waals surface area contributed by atoms with Crippen LogP contribution in [0.25, 0.3) is 133 Å². The highest BCUT2D eigenvalue weighted by Crippen LogP contribution is 2.48. The summed E-state index contributed by atoms with van der Waals surface area (Å²) in [5.74, 6) is 0. The van der Waals surface area contributed by atoms with Crippen LogP contribution in [0.1, 0.15) is 11.1 Å². The molecule has 0 aliphatic carbocycles. The lowest BCUT2D eigenvalue weighted by Crippen LogP contribution is -1.91. The van der Waals surface area contributed by atoms with Crippen molar-refractivity contribution in [2.75, 3.05) is 0 Å². The lowest BCUT2D eigenvalue weighted by atomic mass is 9.86. The fourth-order valence-corrected chi connectivity index (χ4v) is 11.3. The van der Waals surface area contributed by atoms with Gasteiger partial charge in [0.2, 0.25) is 0 Å². The number of furan rings is 1. The van der Waals surface area contributed by atoms with E-state index in [1.165, 1.54) is 77.9 Å².